The van der Waals surface area contributed by atoms with Gasteiger partial charge in [-0.3, -0.25) is 0 Å². The van der Waals surface area contributed by atoms with Gasteiger partial charge in [-0.2, -0.15) is 0 Å². The molecule has 0 saturated heterocycles. The molecule has 0 aliphatic heterocycles. The zero-order valence-corrected chi connectivity index (χ0v) is 13.4. The van der Waals surface area contributed by atoms with Crippen LogP contribution in [-0.2, 0) is 26.1 Å². The molecule has 1 rings (SSSR count). The van der Waals surface area contributed by atoms with Gasteiger partial charge in [0, 0.05) is 25.3 Å². The van der Waals surface area contributed by atoms with E-state index in [-0.39, 0.29) is 23.1 Å². The molecule has 0 saturated carbocycles. The summed E-state index contributed by atoms with van der Waals surface area (Å²) in [6, 6.07) is 4.23. The van der Waals surface area contributed by atoms with Gasteiger partial charge in [0.2, 0.25) is 10.0 Å². The van der Waals surface area contributed by atoms with Crippen molar-refractivity contribution in [2.45, 2.75) is 17.9 Å². The number of hydrogen-bond acceptors (Lipinski definition) is 5. The lowest BCUT2D eigenvalue weighted by atomic mass is 10.2. The van der Waals surface area contributed by atoms with Crippen molar-refractivity contribution in [2.24, 2.45) is 0 Å². The van der Waals surface area contributed by atoms with Gasteiger partial charge in [-0.15, -0.1) is 0 Å². The number of benzene rings is 1. The van der Waals surface area contributed by atoms with Crippen LogP contribution in [0.5, 0.6) is 0 Å². The Bertz CT molecular complexity index is 535. The number of halogens is 1. The Hall–Kier alpha value is -0.700. The van der Waals surface area contributed by atoms with Crippen molar-refractivity contribution in [3.63, 3.8) is 0 Å². The largest absolute Gasteiger partial charge is 0.392 e. The highest BCUT2D eigenvalue weighted by molar-refractivity contribution is 7.89. The summed E-state index contributed by atoms with van der Waals surface area (Å²) in [7, 11) is -2.01. The van der Waals surface area contributed by atoms with Gasteiger partial charge in [0.05, 0.1) is 24.7 Å². The first-order valence-corrected chi connectivity index (χ1v) is 8.33. The van der Waals surface area contributed by atoms with E-state index in [9.17, 15) is 8.42 Å². The molecule has 0 bridgehead atoms. The van der Waals surface area contributed by atoms with Gasteiger partial charge in [0.25, 0.3) is 0 Å². The van der Waals surface area contributed by atoms with E-state index in [1.165, 1.54) is 18.2 Å². The van der Waals surface area contributed by atoms with Crippen molar-refractivity contribution in [1.82, 2.24) is 4.72 Å². The number of aliphatic hydroxyl groups is 1. The van der Waals surface area contributed by atoms with Gasteiger partial charge < -0.3 is 14.6 Å². The number of nitrogens with one attached hydrogen (secondary N) is 1. The molecule has 0 heterocycles. The predicted molar refractivity (Wildman–Crippen MR) is 79.9 cm³/mol. The van der Waals surface area contributed by atoms with Crippen LogP contribution in [0.4, 0.5) is 0 Å². The van der Waals surface area contributed by atoms with E-state index in [0.717, 1.165) is 0 Å². The molecule has 0 fully saturated rings. The van der Waals surface area contributed by atoms with Gasteiger partial charge in [0.1, 0.15) is 0 Å². The summed E-state index contributed by atoms with van der Waals surface area (Å²) in [5.74, 6) is 0. The zero-order valence-electron chi connectivity index (χ0n) is 11.8. The molecule has 1 aromatic carbocycles. The summed E-state index contributed by atoms with van der Waals surface area (Å²) in [5, 5.41) is 9.23. The Morgan fingerprint density at radius 3 is 2.67 bits per heavy atom. The van der Waals surface area contributed by atoms with Gasteiger partial charge in [-0.05, 0) is 24.1 Å². The summed E-state index contributed by atoms with van der Waals surface area (Å²) < 4.78 is 36.6. The van der Waals surface area contributed by atoms with E-state index in [0.29, 0.717) is 31.8 Å². The number of methoxy groups -OCH3 is 1. The molecule has 0 aliphatic rings. The second-order valence-corrected chi connectivity index (χ2v) is 6.44. The Kier molecular flexibility index (Phi) is 8.16. The van der Waals surface area contributed by atoms with Crippen LogP contribution in [0.3, 0.4) is 0 Å². The summed E-state index contributed by atoms with van der Waals surface area (Å²) in [6.45, 7) is 1.50. The molecule has 120 valence electrons. The van der Waals surface area contributed by atoms with Crippen LogP contribution in [0.15, 0.2) is 23.1 Å². The molecule has 21 heavy (non-hydrogen) atoms. The SMILES string of the molecule is COCCOCCCNS(=O)(=O)c1ccc(CO)c(Cl)c1. The lowest BCUT2D eigenvalue weighted by Crippen LogP contribution is -2.25. The molecular weight excluding hydrogens is 318 g/mol. The summed E-state index contributed by atoms with van der Waals surface area (Å²) in [5.41, 5.74) is 0.488. The van der Waals surface area contributed by atoms with Crippen LogP contribution < -0.4 is 4.72 Å². The fourth-order valence-corrected chi connectivity index (χ4v) is 2.94. The van der Waals surface area contributed by atoms with E-state index in [2.05, 4.69) is 4.72 Å². The zero-order chi connectivity index (χ0) is 15.7. The van der Waals surface area contributed by atoms with Gasteiger partial charge in [-0.1, -0.05) is 17.7 Å². The molecule has 0 unspecified atom stereocenters. The van der Waals surface area contributed by atoms with Crippen LogP contribution >= 0.6 is 11.6 Å². The van der Waals surface area contributed by atoms with E-state index in [4.69, 9.17) is 26.2 Å². The molecule has 0 spiro atoms. The highest BCUT2D eigenvalue weighted by Crippen LogP contribution is 2.20. The Morgan fingerprint density at radius 1 is 1.29 bits per heavy atom. The number of aliphatic hydroxyl groups excluding tert-OH is 1. The number of sulfonamides is 1. The van der Waals surface area contributed by atoms with Crippen molar-refractivity contribution in [3.05, 3.63) is 28.8 Å². The molecule has 8 heteroatoms. The van der Waals surface area contributed by atoms with Crippen LogP contribution in [0.25, 0.3) is 0 Å². The highest BCUT2D eigenvalue weighted by Gasteiger charge is 2.14. The summed E-state index contributed by atoms with van der Waals surface area (Å²) >= 11 is 5.88. The fraction of sp³-hybridized carbons (Fsp3) is 0.538. The third-order valence-corrected chi connectivity index (χ3v) is 4.51. The molecule has 0 aliphatic carbocycles. The van der Waals surface area contributed by atoms with Crippen molar-refractivity contribution in [2.75, 3.05) is 33.5 Å². The van der Waals surface area contributed by atoms with E-state index in [1.807, 2.05) is 0 Å². The fourth-order valence-electron chi connectivity index (χ4n) is 1.53. The average molecular weight is 338 g/mol. The van der Waals surface area contributed by atoms with Crippen LogP contribution in [-0.4, -0.2) is 47.0 Å². The van der Waals surface area contributed by atoms with Crippen LogP contribution in [0, 0.1) is 0 Å². The molecule has 0 amide bonds. The number of ether oxygens (including phenoxy) is 2. The highest BCUT2D eigenvalue weighted by atomic mass is 35.5. The maximum Gasteiger partial charge on any atom is 0.240 e. The second-order valence-electron chi connectivity index (χ2n) is 4.27. The summed E-state index contributed by atoms with van der Waals surface area (Å²) in [4.78, 5) is 0.0741. The van der Waals surface area contributed by atoms with Gasteiger partial charge in [-0.25, -0.2) is 13.1 Å². The molecule has 1 aromatic rings. The van der Waals surface area contributed by atoms with Crippen molar-refractivity contribution >= 4 is 21.6 Å². The monoisotopic (exact) mass is 337 g/mol. The minimum Gasteiger partial charge on any atom is -0.392 e. The average Bonchev–Trinajstić information content (AvgIpc) is 2.46. The Morgan fingerprint density at radius 2 is 2.05 bits per heavy atom. The smallest absolute Gasteiger partial charge is 0.240 e. The Balaban J connectivity index is 2.45. The van der Waals surface area contributed by atoms with Crippen molar-refractivity contribution in [1.29, 1.82) is 0 Å². The molecule has 2 N–H and O–H groups in total. The van der Waals surface area contributed by atoms with E-state index in [1.54, 1.807) is 7.11 Å². The second kappa shape index (κ2) is 9.34. The van der Waals surface area contributed by atoms with Crippen LogP contribution in [0.1, 0.15) is 12.0 Å². The first-order valence-electron chi connectivity index (χ1n) is 6.47. The lowest BCUT2D eigenvalue weighted by molar-refractivity contribution is 0.0699. The first kappa shape index (κ1) is 18.3. The van der Waals surface area contributed by atoms with Gasteiger partial charge >= 0.3 is 0 Å². The molecular formula is C13H20ClNO5S. The van der Waals surface area contributed by atoms with Crippen LogP contribution in [0.2, 0.25) is 5.02 Å². The third-order valence-electron chi connectivity index (χ3n) is 2.69. The molecule has 0 aromatic heterocycles. The molecule has 0 radical (unpaired) electrons. The maximum atomic E-state index is 12.0. The maximum absolute atomic E-state index is 12.0. The number of hydrogen-bond donors (Lipinski definition) is 2. The first-order chi connectivity index (χ1) is 10.0. The van der Waals surface area contributed by atoms with E-state index >= 15 is 0 Å². The quantitative estimate of drug-likeness (QED) is 0.626. The van der Waals surface area contributed by atoms with Crippen molar-refractivity contribution in [3.8, 4) is 0 Å². The van der Waals surface area contributed by atoms with Gasteiger partial charge in [0.15, 0.2) is 0 Å². The molecule has 6 nitrogen and oxygen atoms in total. The third kappa shape index (κ3) is 6.29. The van der Waals surface area contributed by atoms with Crippen molar-refractivity contribution < 1.29 is 23.0 Å². The minimum atomic E-state index is -3.60. The topological polar surface area (TPSA) is 84.9 Å². The Labute approximate surface area is 130 Å². The van der Waals surface area contributed by atoms with E-state index < -0.39 is 10.0 Å². The normalized spacial score (nSPS) is 11.8. The summed E-state index contributed by atoms with van der Waals surface area (Å²) in [6.07, 6.45) is 0.561. The lowest BCUT2D eigenvalue weighted by Gasteiger charge is -2.09. The standard InChI is InChI=1S/C13H20ClNO5S/c1-19-7-8-20-6-2-5-15-21(17,18)12-4-3-11(10-16)13(14)9-12/h3-4,9,15-16H,2,5-8,10H2,1H3. The minimum absolute atomic E-state index is 0.0741. The number of rotatable bonds is 10. The predicted octanol–water partition coefficient (Wildman–Crippen LogP) is 1.16. The molecule has 0 atom stereocenters.